The molecule has 134 valence electrons. The fourth-order valence-corrected chi connectivity index (χ4v) is 2.86. The zero-order valence-corrected chi connectivity index (χ0v) is 14.9. The number of aliphatic carboxylic acids is 1. The Morgan fingerprint density at radius 2 is 2.00 bits per heavy atom. The molecule has 2 N–H and O–H groups in total. The number of methoxy groups -OCH3 is 2. The Balaban J connectivity index is 0.00000288. The molecule has 0 radical (unpaired) electrons. The van der Waals surface area contributed by atoms with Gasteiger partial charge in [-0.2, -0.15) is 0 Å². The third-order valence-electron chi connectivity index (χ3n) is 3.74. The molecule has 0 saturated carbocycles. The summed E-state index contributed by atoms with van der Waals surface area (Å²) in [6.07, 6.45) is 1.32. The predicted molar refractivity (Wildman–Crippen MR) is 92.7 cm³/mol. The summed E-state index contributed by atoms with van der Waals surface area (Å²) in [5, 5.41) is 12.2. The number of amides is 1. The molecule has 0 unspecified atom stereocenters. The molecular weight excluding hydrogens is 359 g/mol. The number of carboxylic acids is 1. The van der Waals surface area contributed by atoms with Crippen molar-refractivity contribution in [2.24, 2.45) is 0 Å². The van der Waals surface area contributed by atoms with E-state index in [0.717, 1.165) is 6.42 Å². The number of carboxylic acid groups (broad SMARTS) is 1. The Labute approximate surface area is 151 Å². The van der Waals surface area contributed by atoms with Crippen molar-refractivity contribution in [3.63, 3.8) is 0 Å². The normalized spacial score (nSPS) is 17.0. The van der Waals surface area contributed by atoms with Crippen LogP contribution in [0.5, 0.6) is 11.5 Å². The topological polar surface area (TPSA) is 88.1 Å². The molecule has 0 bridgehead atoms. The van der Waals surface area contributed by atoms with Crippen molar-refractivity contribution in [2.45, 2.75) is 18.9 Å². The van der Waals surface area contributed by atoms with Gasteiger partial charge in [-0.15, -0.1) is 12.4 Å². The van der Waals surface area contributed by atoms with Crippen LogP contribution in [-0.4, -0.2) is 55.2 Å². The van der Waals surface area contributed by atoms with Crippen LogP contribution in [0, 0.1) is 0 Å². The molecule has 2 rings (SSSR count). The lowest BCUT2D eigenvalue weighted by Crippen LogP contribution is -2.40. The average Bonchev–Trinajstić information content (AvgIpc) is 2.96. The van der Waals surface area contributed by atoms with E-state index in [1.165, 1.54) is 14.2 Å². The quantitative estimate of drug-likeness (QED) is 0.789. The highest BCUT2D eigenvalue weighted by atomic mass is 35.5. The van der Waals surface area contributed by atoms with Gasteiger partial charge in [0.25, 0.3) is 0 Å². The highest BCUT2D eigenvalue weighted by Crippen LogP contribution is 2.35. The SMILES string of the molecule is COc1cc(NC(=O)CN2CCC[C@H]2C(=O)O)c(OC)cc1Cl.Cl. The minimum atomic E-state index is -0.902. The molecule has 1 aliphatic heterocycles. The summed E-state index contributed by atoms with van der Waals surface area (Å²) in [6.45, 7) is 0.594. The van der Waals surface area contributed by atoms with Gasteiger partial charge >= 0.3 is 5.97 Å². The Morgan fingerprint density at radius 3 is 2.58 bits per heavy atom. The molecule has 0 spiro atoms. The summed E-state index contributed by atoms with van der Waals surface area (Å²) in [5.74, 6) is -0.408. The Bertz CT molecular complexity index is 612. The second kappa shape index (κ2) is 8.96. The highest BCUT2D eigenvalue weighted by molar-refractivity contribution is 6.32. The number of hydrogen-bond donors (Lipinski definition) is 2. The number of nitrogens with one attached hydrogen (secondary N) is 1. The van der Waals surface area contributed by atoms with E-state index in [-0.39, 0.29) is 24.9 Å². The number of ether oxygens (including phenoxy) is 2. The van der Waals surface area contributed by atoms with Crippen LogP contribution >= 0.6 is 24.0 Å². The molecule has 1 aromatic rings. The highest BCUT2D eigenvalue weighted by Gasteiger charge is 2.31. The molecule has 1 amide bonds. The maximum Gasteiger partial charge on any atom is 0.320 e. The van der Waals surface area contributed by atoms with Gasteiger partial charge in [0.15, 0.2) is 0 Å². The molecule has 1 aromatic carbocycles. The number of likely N-dealkylation sites (tertiary alicyclic amines) is 1. The summed E-state index contributed by atoms with van der Waals surface area (Å²) in [5.41, 5.74) is 0.421. The predicted octanol–water partition coefficient (Wildman–Crippen LogP) is 2.27. The molecule has 0 aliphatic carbocycles. The van der Waals surface area contributed by atoms with E-state index in [4.69, 9.17) is 26.2 Å². The smallest absolute Gasteiger partial charge is 0.320 e. The van der Waals surface area contributed by atoms with E-state index in [2.05, 4.69) is 5.32 Å². The summed E-state index contributed by atoms with van der Waals surface area (Å²) < 4.78 is 10.3. The first-order chi connectivity index (χ1) is 11.0. The lowest BCUT2D eigenvalue weighted by atomic mass is 10.2. The molecule has 7 nitrogen and oxygen atoms in total. The average molecular weight is 379 g/mol. The van der Waals surface area contributed by atoms with Crippen molar-refractivity contribution < 1.29 is 24.2 Å². The molecule has 1 fully saturated rings. The minimum absolute atomic E-state index is 0. The first kappa shape index (κ1) is 20.3. The van der Waals surface area contributed by atoms with Gasteiger partial charge in [0.05, 0.1) is 31.5 Å². The second-order valence-corrected chi connectivity index (χ2v) is 5.61. The number of nitrogens with zero attached hydrogens (tertiary/aromatic N) is 1. The van der Waals surface area contributed by atoms with Gasteiger partial charge in [0, 0.05) is 12.1 Å². The Hall–Kier alpha value is -1.70. The number of halogens is 2. The van der Waals surface area contributed by atoms with E-state index < -0.39 is 12.0 Å². The molecule has 0 aromatic heterocycles. The van der Waals surface area contributed by atoms with Crippen LogP contribution in [0.3, 0.4) is 0 Å². The molecule has 9 heteroatoms. The van der Waals surface area contributed by atoms with E-state index in [0.29, 0.717) is 35.2 Å². The van der Waals surface area contributed by atoms with Gasteiger partial charge in [-0.1, -0.05) is 11.6 Å². The van der Waals surface area contributed by atoms with Crippen LogP contribution in [0.1, 0.15) is 12.8 Å². The summed E-state index contributed by atoms with van der Waals surface area (Å²) >= 11 is 6.02. The standard InChI is InChI=1S/C15H19ClN2O5.ClH/c1-22-12-7-10(13(23-2)6-9(12)16)17-14(19)8-18-5-3-4-11(18)15(20)21;/h6-7,11H,3-5,8H2,1-2H3,(H,17,19)(H,20,21);1H/t11-;/m0./s1. The minimum Gasteiger partial charge on any atom is -0.495 e. The molecule has 1 atom stereocenters. The van der Waals surface area contributed by atoms with Crippen molar-refractivity contribution in [3.8, 4) is 11.5 Å². The van der Waals surface area contributed by atoms with E-state index in [9.17, 15) is 9.59 Å². The summed E-state index contributed by atoms with van der Waals surface area (Å²) in [4.78, 5) is 25.0. The van der Waals surface area contributed by atoms with E-state index >= 15 is 0 Å². The fraction of sp³-hybridized carbons (Fsp3) is 0.467. The molecule has 1 saturated heterocycles. The van der Waals surface area contributed by atoms with E-state index in [1.54, 1.807) is 17.0 Å². The van der Waals surface area contributed by atoms with Crippen molar-refractivity contribution in [2.75, 3.05) is 32.6 Å². The van der Waals surface area contributed by atoms with Crippen LogP contribution in [0.4, 0.5) is 5.69 Å². The van der Waals surface area contributed by atoms with Crippen molar-refractivity contribution in [1.82, 2.24) is 4.90 Å². The largest absolute Gasteiger partial charge is 0.495 e. The van der Waals surface area contributed by atoms with Crippen LogP contribution in [-0.2, 0) is 9.59 Å². The molecule has 1 aliphatic rings. The Kier molecular flexibility index (Phi) is 7.59. The summed E-state index contributed by atoms with van der Waals surface area (Å²) in [7, 11) is 2.94. The van der Waals surface area contributed by atoms with Gasteiger partial charge in [-0.25, -0.2) is 0 Å². The van der Waals surface area contributed by atoms with Crippen molar-refractivity contribution in [3.05, 3.63) is 17.2 Å². The Morgan fingerprint density at radius 1 is 1.33 bits per heavy atom. The van der Waals surface area contributed by atoms with Gasteiger partial charge in [0.2, 0.25) is 5.91 Å². The monoisotopic (exact) mass is 378 g/mol. The maximum absolute atomic E-state index is 12.2. The number of rotatable bonds is 6. The third-order valence-corrected chi connectivity index (χ3v) is 4.04. The number of hydrogen-bond acceptors (Lipinski definition) is 5. The first-order valence-electron chi connectivity index (χ1n) is 7.14. The van der Waals surface area contributed by atoms with Gasteiger partial charge in [-0.3, -0.25) is 14.5 Å². The fourth-order valence-electron chi connectivity index (χ4n) is 2.63. The second-order valence-electron chi connectivity index (χ2n) is 5.20. The van der Waals surface area contributed by atoms with Gasteiger partial charge in [0.1, 0.15) is 17.5 Å². The number of anilines is 1. The molecule has 24 heavy (non-hydrogen) atoms. The molecule has 1 heterocycles. The van der Waals surface area contributed by atoms with Crippen LogP contribution in [0.15, 0.2) is 12.1 Å². The van der Waals surface area contributed by atoms with Crippen molar-refractivity contribution >= 4 is 41.6 Å². The number of benzene rings is 1. The lowest BCUT2D eigenvalue weighted by molar-refractivity contribution is -0.142. The first-order valence-corrected chi connectivity index (χ1v) is 7.52. The van der Waals surface area contributed by atoms with Crippen molar-refractivity contribution in [1.29, 1.82) is 0 Å². The molecular formula is C15H20Cl2N2O5. The number of carbonyl (C=O) groups excluding carboxylic acids is 1. The zero-order valence-electron chi connectivity index (χ0n) is 13.4. The number of carbonyl (C=O) groups is 2. The van der Waals surface area contributed by atoms with Crippen LogP contribution < -0.4 is 14.8 Å². The summed E-state index contributed by atoms with van der Waals surface area (Å²) in [6, 6.07) is 2.51. The zero-order chi connectivity index (χ0) is 17.0. The third kappa shape index (κ3) is 4.66. The van der Waals surface area contributed by atoms with Crippen LogP contribution in [0.2, 0.25) is 5.02 Å². The van der Waals surface area contributed by atoms with Crippen LogP contribution in [0.25, 0.3) is 0 Å². The van der Waals surface area contributed by atoms with Gasteiger partial charge in [-0.05, 0) is 19.4 Å². The van der Waals surface area contributed by atoms with E-state index in [1.807, 2.05) is 0 Å². The lowest BCUT2D eigenvalue weighted by Gasteiger charge is -2.20. The van der Waals surface area contributed by atoms with Gasteiger partial charge < -0.3 is 19.9 Å². The maximum atomic E-state index is 12.2.